The first kappa shape index (κ1) is 10.7. The molecule has 0 fully saturated rings. The number of aromatic nitrogens is 2. The molecule has 0 N–H and O–H groups in total. The highest BCUT2D eigenvalue weighted by Crippen LogP contribution is 2.32. The van der Waals surface area contributed by atoms with E-state index >= 15 is 0 Å². The first-order valence-corrected chi connectivity index (χ1v) is 6.46. The highest BCUT2D eigenvalue weighted by Gasteiger charge is 2.13. The minimum Gasteiger partial charge on any atom is -0.453 e. The zero-order valence-electron chi connectivity index (χ0n) is 9.05. The summed E-state index contributed by atoms with van der Waals surface area (Å²) >= 11 is 7.42. The molecule has 2 heterocycles. The van der Waals surface area contributed by atoms with E-state index in [9.17, 15) is 0 Å². The van der Waals surface area contributed by atoms with Crippen LogP contribution >= 0.6 is 22.9 Å². The first-order valence-electron chi connectivity index (χ1n) is 5.20. The molecule has 0 aliphatic rings. The minimum atomic E-state index is -0.120. The predicted octanol–water partition coefficient (Wildman–Crippen LogP) is 4.25. The molecule has 0 bridgehead atoms. The lowest BCUT2D eigenvalue weighted by molar-refractivity contribution is 0.630. The summed E-state index contributed by atoms with van der Waals surface area (Å²) < 4.78 is 5.71. The zero-order valence-corrected chi connectivity index (χ0v) is 10.6. The number of para-hydroxylation sites is 1. The SMILES string of the molecule is CC(Cl)c1nnc(-c2cc3ccccc3o2)s1. The van der Waals surface area contributed by atoms with Gasteiger partial charge in [0.15, 0.2) is 10.8 Å². The molecule has 3 nitrogen and oxygen atoms in total. The number of halogens is 1. The molecular formula is C12H9ClN2OS. The maximum absolute atomic E-state index is 5.96. The van der Waals surface area contributed by atoms with Gasteiger partial charge in [-0.05, 0) is 19.1 Å². The summed E-state index contributed by atoms with van der Waals surface area (Å²) in [6.07, 6.45) is 0. The summed E-state index contributed by atoms with van der Waals surface area (Å²) in [6, 6.07) is 9.84. The Bertz CT molecular complexity index is 626. The van der Waals surface area contributed by atoms with E-state index < -0.39 is 0 Å². The molecule has 0 spiro atoms. The zero-order chi connectivity index (χ0) is 11.8. The van der Waals surface area contributed by atoms with E-state index in [1.807, 2.05) is 37.3 Å². The fourth-order valence-electron chi connectivity index (χ4n) is 1.58. The van der Waals surface area contributed by atoms with Gasteiger partial charge in [-0.15, -0.1) is 21.8 Å². The number of nitrogens with zero attached hydrogens (tertiary/aromatic N) is 2. The van der Waals surface area contributed by atoms with Crippen LogP contribution in [0.2, 0.25) is 0 Å². The molecule has 2 aromatic heterocycles. The van der Waals surface area contributed by atoms with Gasteiger partial charge < -0.3 is 4.42 Å². The summed E-state index contributed by atoms with van der Waals surface area (Å²) in [5, 5.41) is 10.7. The van der Waals surface area contributed by atoms with Crippen molar-refractivity contribution < 1.29 is 4.42 Å². The predicted molar refractivity (Wildman–Crippen MR) is 69.4 cm³/mol. The summed E-state index contributed by atoms with van der Waals surface area (Å²) in [6.45, 7) is 1.88. The Labute approximate surface area is 107 Å². The average molecular weight is 265 g/mol. The molecule has 0 saturated heterocycles. The van der Waals surface area contributed by atoms with Crippen molar-refractivity contribution in [1.29, 1.82) is 0 Å². The highest BCUT2D eigenvalue weighted by molar-refractivity contribution is 7.14. The van der Waals surface area contributed by atoms with Crippen molar-refractivity contribution in [3.63, 3.8) is 0 Å². The molecule has 0 radical (unpaired) electrons. The van der Waals surface area contributed by atoms with E-state index in [4.69, 9.17) is 16.0 Å². The third-order valence-electron chi connectivity index (χ3n) is 2.42. The van der Waals surface area contributed by atoms with Gasteiger partial charge in [0, 0.05) is 5.39 Å². The second-order valence-corrected chi connectivity index (χ2v) is 5.37. The molecule has 0 aliphatic heterocycles. The van der Waals surface area contributed by atoms with Crippen LogP contribution in [0.4, 0.5) is 0 Å². The van der Waals surface area contributed by atoms with Gasteiger partial charge in [-0.2, -0.15) is 0 Å². The highest BCUT2D eigenvalue weighted by atomic mass is 35.5. The summed E-state index contributed by atoms with van der Waals surface area (Å²) in [5.74, 6) is 0.743. The molecule has 17 heavy (non-hydrogen) atoms. The van der Waals surface area contributed by atoms with Gasteiger partial charge in [0.1, 0.15) is 10.6 Å². The van der Waals surface area contributed by atoms with Crippen LogP contribution in [-0.2, 0) is 0 Å². The van der Waals surface area contributed by atoms with Crippen molar-refractivity contribution in [2.75, 3.05) is 0 Å². The van der Waals surface area contributed by atoms with Crippen molar-refractivity contribution in [2.45, 2.75) is 12.3 Å². The van der Waals surface area contributed by atoms with Gasteiger partial charge in [0.2, 0.25) is 0 Å². The van der Waals surface area contributed by atoms with Gasteiger partial charge in [0.05, 0.1) is 5.38 Å². The Hall–Kier alpha value is -1.39. The number of hydrogen-bond donors (Lipinski definition) is 0. The maximum atomic E-state index is 5.96. The number of alkyl halides is 1. The van der Waals surface area contributed by atoms with Crippen molar-refractivity contribution in [1.82, 2.24) is 10.2 Å². The van der Waals surface area contributed by atoms with E-state index in [-0.39, 0.29) is 5.38 Å². The van der Waals surface area contributed by atoms with Crippen LogP contribution in [0.3, 0.4) is 0 Å². The number of fused-ring (bicyclic) bond motifs is 1. The fraction of sp³-hybridized carbons (Fsp3) is 0.167. The molecule has 1 atom stereocenters. The van der Waals surface area contributed by atoms with E-state index in [2.05, 4.69) is 10.2 Å². The molecule has 3 aromatic rings. The standard InChI is InChI=1S/C12H9ClN2OS/c1-7(13)11-14-15-12(17-11)10-6-8-4-2-3-5-9(8)16-10/h2-7H,1H3. The Balaban J connectivity index is 2.07. The Morgan fingerprint density at radius 1 is 1.29 bits per heavy atom. The van der Waals surface area contributed by atoms with E-state index in [1.165, 1.54) is 11.3 Å². The Kier molecular flexibility index (Phi) is 2.61. The number of furan rings is 1. The molecule has 86 valence electrons. The van der Waals surface area contributed by atoms with Crippen molar-refractivity contribution in [3.8, 4) is 10.8 Å². The van der Waals surface area contributed by atoms with Crippen LogP contribution in [0.1, 0.15) is 17.3 Å². The van der Waals surface area contributed by atoms with Crippen LogP contribution in [-0.4, -0.2) is 10.2 Å². The summed E-state index contributed by atoms with van der Waals surface area (Å²) in [4.78, 5) is 0. The number of rotatable bonds is 2. The van der Waals surface area contributed by atoms with Crippen molar-refractivity contribution >= 4 is 33.9 Å². The molecule has 5 heteroatoms. The molecule has 3 rings (SSSR count). The van der Waals surface area contributed by atoms with Crippen LogP contribution in [0.15, 0.2) is 34.7 Å². The van der Waals surface area contributed by atoms with Crippen molar-refractivity contribution in [3.05, 3.63) is 35.3 Å². The monoisotopic (exact) mass is 264 g/mol. The van der Waals surface area contributed by atoms with Crippen LogP contribution in [0, 0.1) is 0 Å². The summed E-state index contributed by atoms with van der Waals surface area (Å²) in [7, 11) is 0. The number of benzene rings is 1. The molecule has 0 amide bonds. The first-order chi connectivity index (χ1) is 8.24. The lowest BCUT2D eigenvalue weighted by Crippen LogP contribution is -1.80. The summed E-state index contributed by atoms with van der Waals surface area (Å²) in [5.41, 5.74) is 0.859. The minimum absolute atomic E-state index is 0.120. The second-order valence-electron chi connectivity index (χ2n) is 3.71. The normalized spacial score (nSPS) is 13.1. The lowest BCUT2D eigenvalue weighted by Gasteiger charge is -1.90. The van der Waals surface area contributed by atoms with Gasteiger partial charge in [-0.25, -0.2) is 0 Å². The van der Waals surface area contributed by atoms with Crippen LogP contribution in [0.25, 0.3) is 21.7 Å². The topological polar surface area (TPSA) is 38.9 Å². The quantitative estimate of drug-likeness (QED) is 0.650. The van der Waals surface area contributed by atoms with E-state index in [0.717, 1.165) is 26.7 Å². The number of hydrogen-bond acceptors (Lipinski definition) is 4. The molecule has 0 saturated carbocycles. The smallest absolute Gasteiger partial charge is 0.183 e. The van der Waals surface area contributed by atoms with E-state index in [0.29, 0.717) is 0 Å². The van der Waals surface area contributed by atoms with Crippen molar-refractivity contribution in [2.24, 2.45) is 0 Å². The largest absolute Gasteiger partial charge is 0.453 e. The molecule has 1 unspecified atom stereocenters. The van der Waals surface area contributed by atoms with Crippen LogP contribution < -0.4 is 0 Å². The third kappa shape index (κ3) is 1.94. The maximum Gasteiger partial charge on any atom is 0.183 e. The second kappa shape index (κ2) is 4.13. The Morgan fingerprint density at radius 3 is 2.82 bits per heavy atom. The van der Waals surface area contributed by atoms with E-state index in [1.54, 1.807) is 0 Å². The molecule has 0 aliphatic carbocycles. The Morgan fingerprint density at radius 2 is 2.12 bits per heavy atom. The van der Waals surface area contributed by atoms with Crippen LogP contribution in [0.5, 0.6) is 0 Å². The molecular weight excluding hydrogens is 256 g/mol. The van der Waals surface area contributed by atoms with Gasteiger partial charge >= 0.3 is 0 Å². The van der Waals surface area contributed by atoms with Gasteiger partial charge in [0.25, 0.3) is 0 Å². The molecule has 1 aromatic carbocycles. The average Bonchev–Trinajstić information content (AvgIpc) is 2.95. The van der Waals surface area contributed by atoms with Gasteiger partial charge in [-0.1, -0.05) is 29.5 Å². The third-order valence-corrected chi connectivity index (χ3v) is 3.87. The lowest BCUT2D eigenvalue weighted by atomic mass is 10.2. The van der Waals surface area contributed by atoms with Gasteiger partial charge in [-0.3, -0.25) is 0 Å². The fourth-order valence-corrected chi connectivity index (χ4v) is 2.48.